The molecule has 2 rings (SSSR count). The maximum atomic E-state index is 3.67. The molecule has 1 aromatic heterocycles. The fraction of sp³-hybridized carbons (Fsp3) is 0.0833. The Hall–Kier alpha value is -1.50. The van der Waals surface area contributed by atoms with Crippen LogP contribution in [0.25, 0.3) is 10.9 Å². The lowest BCUT2D eigenvalue weighted by Crippen LogP contribution is -1.91. The molecule has 65 valence electrons. The van der Waals surface area contributed by atoms with E-state index in [9.17, 15) is 0 Å². The number of allylic oxidation sites excluding steroid dienone is 2. The van der Waals surface area contributed by atoms with Gasteiger partial charge in [0.1, 0.15) is 0 Å². The molecule has 1 heterocycles. The lowest BCUT2D eigenvalue weighted by molar-refractivity contribution is 0.863. The van der Waals surface area contributed by atoms with E-state index in [4.69, 9.17) is 0 Å². The van der Waals surface area contributed by atoms with Gasteiger partial charge < -0.3 is 4.57 Å². The van der Waals surface area contributed by atoms with Crippen LogP contribution in [0, 0.1) is 6.92 Å². The topological polar surface area (TPSA) is 4.93 Å². The van der Waals surface area contributed by atoms with E-state index in [0.29, 0.717) is 0 Å². The van der Waals surface area contributed by atoms with Crippen LogP contribution in [0.3, 0.4) is 0 Å². The van der Waals surface area contributed by atoms with E-state index in [1.54, 1.807) is 0 Å². The van der Waals surface area contributed by atoms with Gasteiger partial charge in [0.05, 0.1) is 0 Å². The van der Waals surface area contributed by atoms with Gasteiger partial charge >= 0.3 is 0 Å². The molecule has 0 saturated carbocycles. The molecule has 1 aromatic carbocycles. The van der Waals surface area contributed by atoms with E-state index in [2.05, 4.69) is 48.0 Å². The number of rotatable bonds is 2. The Bertz CT molecular complexity index is 423. The Morgan fingerprint density at radius 2 is 2.08 bits per heavy atom. The first-order valence-corrected chi connectivity index (χ1v) is 4.40. The summed E-state index contributed by atoms with van der Waals surface area (Å²) < 4.78 is 2.21. The molecule has 0 aliphatic carbocycles. The summed E-state index contributed by atoms with van der Waals surface area (Å²) in [6.45, 7) is 4.57. The third-order valence-electron chi connectivity index (χ3n) is 2.15. The van der Waals surface area contributed by atoms with E-state index >= 15 is 0 Å². The highest BCUT2D eigenvalue weighted by Gasteiger charge is 1.96. The second-order valence-electron chi connectivity index (χ2n) is 3.00. The predicted molar refractivity (Wildman–Crippen MR) is 56.4 cm³/mol. The van der Waals surface area contributed by atoms with Crippen molar-refractivity contribution in [3.05, 3.63) is 55.6 Å². The van der Waals surface area contributed by atoms with Crippen LogP contribution in [0.5, 0.6) is 0 Å². The summed E-state index contributed by atoms with van der Waals surface area (Å²) in [6.07, 6.45) is 5.98. The van der Waals surface area contributed by atoms with Crippen molar-refractivity contribution in [1.82, 2.24) is 4.57 Å². The third kappa shape index (κ3) is 1.50. The van der Waals surface area contributed by atoms with Gasteiger partial charge in [0, 0.05) is 18.3 Å². The van der Waals surface area contributed by atoms with Crippen LogP contribution in [0.2, 0.25) is 0 Å². The maximum Gasteiger partial charge on any atom is 0.0483 e. The van der Waals surface area contributed by atoms with Gasteiger partial charge in [0.25, 0.3) is 0 Å². The van der Waals surface area contributed by atoms with Crippen molar-refractivity contribution >= 4 is 10.9 Å². The van der Waals surface area contributed by atoms with Crippen molar-refractivity contribution in [2.45, 2.75) is 6.54 Å². The van der Waals surface area contributed by atoms with Crippen LogP contribution >= 0.6 is 0 Å². The first kappa shape index (κ1) is 8.11. The summed E-state index contributed by atoms with van der Waals surface area (Å²) in [5.74, 6) is 0. The molecular weight excluding hydrogens is 158 g/mol. The van der Waals surface area contributed by atoms with E-state index in [-0.39, 0.29) is 0 Å². The van der Waals surface area contributed by atoms with Gasteiger partial charge in [-0.05, 0) is 24.4 Å². The molecule has 0 atom stereocenters. The number of aromatic nitrogens is 1. The molecule has 0 unspecified atom stereocenters. The second-order valence-corrected chi connectivity index (χ2v) is 3.00. The molecule has 13 heavy (non-hydrogen) atoms. The number of para-hydroxylation sites is 1. The molecule has 0 amide bonds. The van der Waals surface area contributed by atoms with Crippen LogP contribution in [-0.2, 0) is 6.54 Å². The van der Waals surface area contributed by atoms with Crippen molar-refractivity contribution in [3.63, 3.8) is 0 Å². The van der Waals surface area contributed by atoms with Crippen LogP contribution in [0.4, 0.5) is 0 Å². The Kier molecular flexibility index (Phi) is 2.17. The lowest BCUT2D eigenvalue weighted by atomic mass is 10.2. The molecule has 0 N–H and O–H groups in total. The second kappa shape index (κ2) is 3.48. The molecule has 0 fully saturated rings. The predicted octanol–water partition coefficient (Wildman–Crippen LogP) is 3.03. The molecular formula is C12H12N. The standard InChI is InChI=1S/C12H12N/c1-2-3-9-13-10-8-11-6-4-5-7-12(11)13/h2-8,10H,1,9H2. The largest absolute Gasteiger partial charge is 0.344 e. The quantitative estimate of drug-likeness (QED) is 0.653. The smallest absolute Gasteiger partial charge is 0.0483 e. The van der Waals surface area contributed by atoms with E-state index in [0.717, 1.165) is 6.54 Å². The van der Waals surface area contributed by atoms with E-state index in [1.807, 2.05) is 12.2 Å². The van der Waals surface area contributed by atoms with Gasteiger partial charge in [0.15, 0.2) is 0 Å². The van der Waals surface area contributed by atoms with Gasteiger partial charge in [-0.15, -0.1) is 0 Å². The van der Waals surface area contributed by atoms with Gasteiger partial charge in [-0.3, -0.25) is 0 Å². The molecule has 1 heteroatoms. The molecule has 0 aliphatic rings. The first-order valence-electron chi connectivity index (χ1n) is 4.40. The highest BCUT2D eigenvalue weighted by atomic mass is 14.9. The summed E-state index contributed by atoms with van der Waals surface area (Å²) in [5, 5.41) is 1.29. The third-order valence-corrected chi connectivity index (χ3v) is 2.15. The Morgan fingerprint density at radius 3 is 2.92 bits per heavy atom. The Balaban J connectivity index is 2.45. The summed E-state index contributed by atoms with van der Waals surface area (Å²) in [7, 11) is 0. The van der Waals surface area contributed by atoms with Crippen LogP contribution in [0.1, 0.15) is 0 Å². The highest BCUT2D eigenvalue weighted by Crippen LogP contribution is 2.14. The zero-order valence-corrected chi connectivity index (χ0v) is 7.48. The number of nitrogens with zero attached hydrogens (tertiary/aromatic N) is 1. The van der Waals surface area contributed by atoms with Crippen LogP contribution in [0.15, 0.2) is 48.7 Å². The van der Waals surface area contributed by atoms with Crippen LogP contribution < -0.4 is 0 Å². The van der Waals surface area contributed by atoms with Crippen molar-refractivity contribution in [1.29, 1.82) is 0 Å². The normalized spacial score (nSPS) is 11.5. The minimum absolute atomic E-state index is 0.900. The lowest BCUT2D eigenvalue weighted by Gasteiger charge is -1.99. The van der Waals surface area contributed by atoms with Gasteiger partial charge in [-0.2, -0.15) is 0 Å². The zero-order valence-electron chi connectivity index (χ0n) is 7.48. The van der Waals surface area contributed by atoms with E-state index in [1.165, 1.54) is 10.9 Å². The van der Waals surface area contributed by atoms with Crippen molar-refractivity contribution < 1.29 is 0 Å². The summed E-state index contributed by atoms with van der Waals surface area (Å²) in [5.41, 5.74) is 1.28. The highest BCUT2D eigenvalue weighted by molar-refractivity contribution is 5.79. The Morgan fingerprint density at radius 1 is 1.23 bits per heavy atom. The first-order chi connectivity index (χ1) is 6.42. The van der Waals surface area contributed by atoms with Crippen molar-refractivity contribution in [3.8, 4) is 0 Å². The van der Waals surface area contributed by atoms with Gasteiger partial charge in [-0.1, -0.05) is 30.4 Å². The minimum Gasteiger partial charge on any atom is -0.344 e. The summed E-state index contributed by atoms with van der Waals surface area (Å²) in [4.78, 5) is 0. The van der Waals surface area contributed by atoms with Crippen LogP contribution in [-0.4, -0.2) is 4.57 Å². The average molecular weight is 170 g/mol. The van der Waals surface area contributed by atoms with Gasteiger partial charge in [-0.25, -0.2) is 0 Å². The summed E-state index contributed by atoms with van der Waals surface area (Å²) in [6, 6.07) is 10.5. The van der Waals surface area contributed by atoms with E-state index < -0.39 is 0 Å². The molecule has 1 nitrogen and oxygen atoms in total. The zero-order chi connectivity index (χ0) is 9.10. The molecule has 0 bridgehead atoms. The fourth-order valence-electron chi connectivity index (χ4n) is 1.49. The Labute approximate surface area is 78.3 Å². The van der Waals surface area contributed by atoms with Gasteiger partial charge in [0.2, 0.25) is 0 Å². The SMILES string of the molecule is [CH2]C=CCn1ccc2ccccc21. The monoisotopic (exact) mass is 170 g/mol. The number of fused-ring (bicyclic) bond motifs is 1. The number of hydrogen-bond donors (Lipinski definition) is 0. The fourth-order valence-corrected chi connectivity index (χ4v) is 1.49. The number of benzene rings is 1. The minimum atomic E-state index is 0.900. The summed E-state index contributed by atoms with van der Waals surface area (Å²) >= 11 is 0. The van der Waals surface area contributed by atoms with Crippen molar-refractivity contribution in [2.75, 3.05) is 0 Å². The average Bonchev–Trinajstić information content (AvgIpc) is 2.58. The van der Waals surface area contributed by atoms with Crippen molar-refractivity contribution in [2.24, 2.45) is 0 Å². The molecule has 0 saturated heterocycles. The number of hydrogen-bond acceptors (Lipinski definition) is 0. The molecule has 0 aliphatic heterocycles. The molecule has 2 aromatic rings. The molecule has 1 radical (unpaired) electrons. The maximum absolute atomic E-state index is 3.67. The molecule has 0 spiro atoms.